The van der Waals surface area contributed by atoms with Gasteiger partial charge in [0.05, 0.1) is 0 Å². The van der Waals surface area contributed by atoms with Gasteiger partial charge in [-0.2, -0.15) is 13.2 Å². The average Bonchev–Trinajstić information content (AvgIpc) is 1.82. The Morgan fingerprint density at radius 3 is 2.50 bits per heavy atom. The first-order valence-electron chi connectivity index (χ1n) is 2.86. The molecule has 0 N–H and O–H groups in total. The van der Waals surface area contributed by atoms with E-state index in [-0.39, 0.29) is 21.9 Å². The Labute approximate surface area is 75.9 Å². The number of hydrogen-bond acceptors (Lipinski definition) is 2. The van der Waals surface area contributed by atoms with Crippen molar-refractivity contribution in [1.82, 2.24) is 4.98 Å². The molecule has 0 aliphatic heterocycles. The number of rotatable bonds is 1. The molecule has 0 fully saturated rings. The maximum atomic E-state index is 11.8. The van der Waals surface area contributed by atoms with Crippen molar-refractivity contribution < 1.29 is 13.2 Å². The van der Waals surface area contributed by atoms with Crippen molar-refractivity contribution in [3.8, 4) is 0 Å². The smallest absolute Gasteiger partial charge is 0.229 e. The molecule has 0 aromatic carbocycles. The molecule has 1 heterocycles. The number of nitrogens with zero attached hydrogens (tertiary/aromatic N) is 1. The third-order valence-electron chi connectivity index (χ3n) is 0.910. The van der Waals surface area contributed by atoms with E-state index in [4.69, 9.17) is 11.6 Å². The summed E-state index contributed by atoms with van der Waals surface area (Å²) in [6.45, 7) is 0. The van der Waals surface area contributed by atoms with Gasteiger partial charge in [0.2, 0.25) is 0 Å². The van der Waals surface area contributed by atoms with Crippen LogP contribution in [-0.4, -0.2) is 10.5 Å². The summed E-state index contributed by atoms with van der Waals surface area (Å²) in [4.78, 5) is 3.47. The fraction of sp³-hybridized carbons (Fsp3) is 0.167. The number of alkyl halides is 3. The van der Waals surface area contributed by atoms with Gasteiger partial charge in [-0.3, -0.25) is 0 Å². The Balaban J connectivity index is 2.77. The standard InChI is InChI=1S/C6H3ClF3NS/c7-4-2-1-3-5(11-4)12-6(8,9)10/h1-3H. The second-order valence-corrected chi connectivity index (χ2v) is 3.32. The molecule has 0 radical (unpaired) electrons. The molecule has 6 heteroatoms. The van der Waals surface area contributed by atoms with Crippen LogP contribution in [0.15, 0.2) is 23.2 Å². The average molecular weight is 214 g/mol. The third-order valence-corrected chi connectivity index (χ3v) is 1.79. The Bertz CT molecular complexity index is 276. The van der Waals surface area contributed by atoms with E-state index in [0.29, 0.717) is 0 Å². The minimum absolute atomic E-state index is 0.0595. The van der Waals surface area contributed by atoms with Crippen molar-refractivity contribution in [3.05, 3.63) is 23.4 Å². The summed E-state index contributed by atoms with van der Waals surface area (Å²) < 4.78 is 35.3. The highest BCUT2D eigenvalue weighted by atomic mass is 35.5. The first-order chi connectivity index (χ1) is 5.47. The molecule has 0 saturated heterocycles. The summed E-state index contributed by atoms with van der Waals surface area (Å²) in [7, 11) is 0. The van der Waals surface area contributed by atoms with Crippen LogP contribution >= 0.6 is 23.4 Å². The highest BCUT2D eigenvalue weighted by Crippen LogP contribution is 2.35. The van der Waals surface area contributed by atoms with Crippen LogP contribution in [0.25, 0.3) is 0 Å². The maximum absolute atomic E-state index is 11.8. The van der Waals surface area contributed by atoms with E-state index >= 15 is 0 Å². The van der Waals surface area contributed by atoms with E-state index in [1.807, 2.05) is 0 Å². The number of pyridine rings is 1. The molecule has 66 valence electrons. The molecule has 0 spiro atoms. The van der Waals surface area contributed by atoms with Crippen molar-refractivity contribution in [2.24, 2.45) is 0 Å². The lowest BCUT2D eigenvalue weighted by Gasteiger charge is -2.03. The Morgan fingerprint density at radius 2 is 2.00 bits per heavy atom. The van der Waals surface area contributed by atoms with E-state index in [0.717, 1.165) is 0 Å². The van der Waals surface area contributed by atoms with Gasteiger partial charge < -0.3 is 0 Å². The largest absolute Gasteiger partial charge is 0.447 e. The molecule has 1 aromatic rings. The van der Waals surface area contributed by atoms with E-state index in [1.54, 1.807) is 0 Å². The summed E-state index contributed by atoms with van der Waals surface area (Å²) in [5.41, 5.74) is -4.31. The molecule has 0 saturated carbocycles. The quantitative estimate of drug-likeness (QED) is 0.524. The van der Waals surface area contributed by atoms with E-state index in [1.165, 1.54) is 18.2 Å². The topological polar surface area (TPSA) is 12.9 Å². The van der Waals surface area contributed by atoms with Gasteiger partial charge in [-0.1, -0.05) is 17.7 Å². The normalized spacial score (nSPS) is 11.7. The Morgan fingerprint density at radius 1 is 1.33 bits per heavy atom. The molecule has 1 rings (SSSR count). The fourth-order valence-electron chi connectivity index (χ4n) is 0.565. The zero-order chi connectivity index (χ0) is 9.19. The van der Waals surface area contributed by atoms with Crippen molar-refractivity contribution in [2.75, 3.05) is 0 Å². The van der Waals surface area contributed by atoms with Crippen LogP contribution in [0.2, 0.25) is 5.15 Å². The predicted octanol–water partition coefficient (Wildman–Crippen LogP) is 3.35. The van der Waals surface area contributed by atoms with Crippen LogP contribution in [0.4, 0.5) is 13.2 Å². The summed E-state index contributed by atoms with van der Waals surface area (Å²) in [5, 5.41) is -0.0840. The molecule has 0 amide bonds. The second-order valence-electron chi connectivity index (χ2n) is 1.85. The van der Waals surface area contributed by atoms with Gasteiger partial charge in [0, 0.05) is 11.8 Å². The van der Waals surface area contributed by atoms with Crippen LogP contribution in [0.1, 0.15) is 0 Å². The van der Waals surface area contributed by atoms with E-state index < -0.39 is 5.51 Å². The lowest BCUT2D eigenvalue weighted by atomic mass is 10.5. The molecule has 0 atom stereocenters. The zero-order valence-corrected chi connectivity index (χ0v) is 7.17. The summed E-state index contributed by atoms with van der Waals surface area (Å²) >= 11 is 5.10. The summed E-state index contributed by atoms with van der Waals surface area (Å²) in [6.07, 6.45) is 0. The highest BCUT2D eigenvalue weighted by molar-refractivity contribution is 8.00. The monoisotopic (exact) mass is 213 g/mol. The lowest BCUT2D eigenvalue weighted by molar-refractivity contribution is -0.0329. The zero-order valence-electron chi connectivity index (χ0n) is 5.60. The molecule has 0 unspecified atom stereocenters. The third kappa shape index (κ3) is 3.32. The van der Waals surface area contributed by atoms with Crippen molar-refractivity contribution >= 4 is 23.4 Å². The van der Waals surface area contributed by atoms with Crippen LogP contribution in [0.3, 0.4) is 0 Å². The van der Waals surface area contributed by atoms with Crippen molar-refractivity contribution in [1.29, 1.82) is 0 Å². The van der Waals surface area contributed by atoms with Gasteiger partial charge in [0.15, 0.2) is 0 Å². The SMILES string of the molecule is FC(F)(F)Sc1cccc(Cl)n1. The van der Waals surface area contributed by atoms with Gasteiger partial charge >= 0.3 is 5.51 Å². The van der Waals surface area contributed by atoms with Crippen molar-refractivity contribution in [2.45, 2.75) is 10.5 Å². The van der Waals surface area contributed by atoms with Gasteiger partial charge in [0.25, 0.3) is 0 Å². The second kappa shape index (κ2) is 3.53. The van der Waals surface area contributed by atoms with Crippen LogP contribution < -0.4 is 0 Å². The number of thioether (sulfide) groups is 1. The maximum Gasteiger partial charge on any atom is 0.447 e. The van der Waals surface area contributed by atoms with E-state index in [9.17, 15) is 13.2 Å². The van der Waals surface area contributed by atoms with Crippen LogP contribution in [-0.2, 0) is 0 Å². The number of hydrogen-bond donors (Lipinski definition) is 0. The first kappa shape index (κ1) is 9.67. The minimum atomic E-state index is -4.31. The molecule has 1 aromatic heterocycles. The molecule has 0 aliphatic rings. The number of halogens is 4. The summed E-state index contributed by atoms with van der Waals surface area (Å²) in [6, 6.07) is 4.09. The molecule has 0 bridgehead atoms. The Hall–Kier alpha value is -0.420. The summed E-state index contributed by atoms with van der Waals surface area (Å²) in [5.74, 6) is 0. The number of aromatic nitrogens is 1. The van der Waals surface area contributed by atoms with Gasteiger partial charge in [0.1, 0.15) is 10.2 Å². The van der Waals surface area contributed by atoms with Crippen LogP contribution in [0, 0.1) is 0 Å². The first-order valence-corrected chi connectivity index (χ1v) is 4.05. The van der Waals surface area contributed by atoms with Crippen LogP contribution in [0.5, 0.6) is 0 Å². The minimum Gasteiger partial charge on any atom is -0.229 e. The van der Waals surface area contributed by atoms with Gasteiger partial charge in [-0.15, -0.1) is 0 Å². The molecule has 12 heavy (non-hydrogen) atoms. The molecular formula is C6H3ClF3NS. The predicted molar refractivity (Wildman–Crippen MR) is 41.2 cm³/mol. The fourth-order valence-corrected chi connectivity index (χ4v) is 1.31. The molecule has 0 aliphatic carbocycles. The van der Waals surface area contributed by atoms with E-state index in [2.05, 4.69) is 4.98 Å². The van der Waals surface area contributed by atoms with Crippen molar-refractivity contribution in [3.63, 3.8) is 0 Å². The molecule has 1 nitrogen and oxygen atoms in total. The highest BCUT2D eigenvalue weighted by Gasteiger charge is 2.29. The van der Waals surface area contributed by atoms with Gasteiger partial charge in [-0.25, -0.2) is 4.98 Å². The van der Waals surface area contributed by atoms with Gasteiger partial charge in [-0.05, 0) is 12.1 Å². The Kier molecular flexibility index (Phi) is 2.85. The molecular weight excluding hydrogens is 211 g/mol. The lowest BCUT2D eigenvalue weighted by Crippen LogP contribution is -1.99.